The summed E-state index contributed by atoms with van der Waals surface area (Å²) in [7, 11) is 0. The third kappa shape index (κ3) is 2.62. The molecule has 22 heavy (non-hydrogen) atoms. The largest absolute Gasteiger partial charge is 0.349 e. The minimum Gasteiger partial charge on any atom is -0.349 e. The van der Waals surface area contributed by atoms with E-state index >= 15 is 0 Å². The van der Waals surface area contributed by atoms with Crippen molar-refractivity contribution in [3.8, 4) is 11.3 Å². The molecule has 1 saturated carbocycles. The van der Waals surface area contributed by atoms with Gasteiger partial charge in [0.2, 0.25) is 11.8 Å². The van der Waals surface area contributed by atoms with Crippen molar-refractivity contribution in [3.63, 3.8) is 0 Å². The Kier molecular flexibility index (Phi) is 3.18. The highest BCUT2D eigenvalue weighted by Crippen LogP contribution is 2.30. The van der Waals surface area contributed by atoms with Crippen molar-refractivity contribution >= 4 is 28.8 Å². The van der Waals surface area contributed by atoms with Crippen molar-refractivity contribution in [2.24, 2.45) is 5.92 Å². The van der Waals surface area contributed by atoms with Gasteiger partial charge < -0.3 is 10.6 Å². The van der Waals surface area contributed by atoms with Crippen molar-refractivity contribution < 1.29 is 9.59 Å². The highest BCUT2D eigenvalue weighted by atomic mass is 32.1. The number of thiazole rings is 1. The minimum absolute atomic E-state index is 0.0360. The lowest BCUT2D eigenvalue weighted by atomic mass is 10.1. The van der Waals surface area contributed by atoms with E-state index in [2.05, 4.69) is 15.6 Å². The highest BCUT2D eigenvalue weighted by molar-refractivity contribution is 7.09. The zero-order valence-corrected chi connectivity index (χ0v) is 12.7. The molecule has 112 valence electrons. The van der Waals surface area contributed by atoms with Gasteiger partial charge in [-0.3, -0.25) is 9.59 Å². The van der Waals surface area contributed by atoms with Gasteiger partial charge in [0, 0.05) is 22.5 Å². The average molecular weight is 313 g/mol. The lowest BCUT2D eigenvalue weighted by Crippen LogP contribution is -2.23. The second-order valence-corrected chi connectivity index (χ2v) is 6.66. The van der Waals surface area contributed by atoms with Gasteiger partial charge in [-0.15, -0.1) is 11.3 Å². The number of aromatic nitrogens is 1. The molecule has 0 bridgehead atoms. The molecule has 6 heteroatoms. The van der Waals surface area contributed by atoms with E-state index < -0.39 is 0 Å². The fourth-order valence-electron chi connectivity index (χ4n) is 2.57. The van der Waals surface area contributed by atoms with E-state index in [4.69, 9.17) is 0 Å². The summed E-state index contributed by atoms with van der Waals surface area (Å²) in [6.07, 6.45) is 2.45. The third-order valence-corrected chi connectivity index (χ3v) is 4.79. The number of carbonyl (C=O) groups is 2. The number of hydrogen-bond acceptors (Lipinski definition) is 4. The molecule has 2 aliphatic rings. The molecule has 1 aliphatic heterocycles. The number of rotatable bonds is 4. The zero-order chi connectivity index (χ0) is 15.1. The molecule has 0 radical (unpaired) electrons. The van der Waals surface area contributed by atoms with Gasteiger partial charge in [-0.2, -0.15) is 0 Å². The molecule has 2 heterocycles. The molecule has 1 aromatic carbocycles. The molecule has 1 aromatic heterocycles. The highest BCUT2D eigenvalue weighted by Gasteiger charge is 2.29. The summed E-state index contributed by atoms with van der Waals surface area (Å²) in [5.74, 6) is 0.397. The van der Waals surface area contributed by atoms with Gasteiger partial charge >= 0.3 is 0 Å². The van der Waals surface area contributed by atoms with Crippen LogP contribution in [-0.2, 0) is 22.6 Å². The second kappa shape index (κ2) is 5.21. The van der Waals surface area contributed by atoms with Gasteiger partial charge in [-0.05, 0) is 30.5 Å². The summed E-state index contributed by atoms with van der Waals surface area (Å²) in [4.78, 5) is 27.6. The maximum Gasteiger partial charge on any atom is 0.228 e. The molecule has 5 nitrogen and oxygen atoms in total. The van der Waals surface area contributed by atoms with Gasteiger partial charge in [-0.25, -0.2) is 4.98 Å². The number of nitrogens with zero attached hydrogens (tertiary/aromatic N) is 1. The Labute approximate surface area is 131 Å². The van der Waals surface area contributed by atoms with Crippen LogP contribution in [0.3, 0.4) is 0 Å². The van der Waals surface area contributed by atoms with Gasteiger partial charge in [-0.1, -0.05) is 6.07 Å². The minimum atomic E-state index is 0.0360. The summed E-state index contributed by atoms with van der Waals surface area (Å²) in [6.45, 7) is 0.491. The van der Waals surface area contributed by atoms with Crippen LogP contribution in [0.2, 0.25) is 0 Å². The lowest BCUT2D eigenvalue weighted by molar-refractivity contribution is -0.122. The Morgan fingerprint density at radius 3 is 3.09 bits per heavy atom. The number of hydrogen-bond donors (Lipinski definition) is 2. The average Bonchev–Trinajstić information content (AvgIpc) is 3.13. The first-order chi connectivity index (χ1) is 10.7. The Hall–Kier alpha value is -2.21. The van der Waals surface area contributed by atoms with Crippen molar-refractivity contribution in [1.29, 1.82) is 0 Å². The molecule has 0 atom stereocenters. The number of anilines is 1. The first-order valence-corrected chi connectivity index (χ1v) is 8.22. The molecule has 2 aromatic rings. The monoisotopic (exact) mass is 313 g/mol. The molecule has 0 unspecified atom stereocenters. The fraction of sp³-hybridized carbons (Fsp3) is 0.312. The van der Waals surface area contributed by atoms with E-state index in [0.717, 1.165) is 40.4 Å². The molecule has 0 saturated heterocycles. The van der Waals surface area contributed by atoms with Gasteiger partial charge in [0.15, 0.2) is 0 Å². The first-order valence-electron chi connectivity index (χ1n) is 7.34. The van der Waals surface area contributed by atoms with Crippen LogP contribution in [0.5, 0.6) is 0 Å². The molecule has 2 amide bonds. The Bertz CT molecular complexity index is 765. The number of fused-ring (bicyclic) bond motifs is 1. The normalized spacial score (nSPS) is 16.3. The van der Waals surface area contributed by atoms with Crippen LogP contribution in [0.4, 0.5) is 5.69 Å². The number of benzene rings is 1. The quantitative estimate of drug-likeness (QED) is 0.910. The number of carbonyl (C=O) groups excluding carboxylic acids is 2. The van der Waals surface area contributed by atoms with E-state index in [1.165, 1.54) is 0 Å². The van der Waals surface area contributed by atoms with Crippen molar-refractivity contribution in [1.82, 2.24) is 10.3 Å². The van der Waals surface area contributed by atoms with Crippen LogP contribution < -0.4 is 10.6 Å². The van der Waals surface area contributed by atoms with Crippen molar-refractivity contribution in [3.05, 3.63) is 34.2 Å². The fourth-order valence-corrected chi connectivity index (χ4v) is 3.31. The lowest BCUT2D eigenvalue weighted by Gasteiger charge is -2.02. The van der Waals surface area contributed by atoms with Crippen LogP contribution in [-0.4, -0.2) is 16.8 Å². The molecular formula is C16H15N3O2S. The van der Waals surface area contributed by atoms with Crippen LogP contribution >= 0.6 is 11.3 Å². The molecule has 2 N–H and O–H groups in total. The van der Waals surface area contributed by atoms with E-state index in [0.29, 0.717) is 13.0 Å². The van der Waals surface area contributed by atoms with Gasteiger partial charge in [0.05, 0.1) is 18.7 Å². The maximum absolute atomic E-state index is 11.6. The molecule has 0 spiro atoms. The summed E-state index contributed by atoms with van der Waals surface area (Å²) in [6, 6.07) is 5.89. The Morgan fingerprint density at radius 1 is 1.41 bits per heavy atom. The summed E-state index contributed by atoms with van der Waals surface area (Å²) in [5, 5.41) is 8.65. The third-order valence-electron chi connectivity index (χ3n) is 3.94. The topological polar surface area (TPSA) is 71.1 Å². The van der Waals surface area contributed by atoms with E-state index in [1.54, 1.807) is 11.3 Å². The SMILES string of the molecule is O=C1Cc2cc(-c3csc(CNC(=O)C4CC4)n3)ccc2N1. The number of amides is 2. The van der Waals surface area contributed by atoms with Gasteiger partial charge in [0.25, 0.3) is 0 Å². The standard InChI is InChI=1S/C16H15N3O2S/c20-14-6-11-5-10(3-4-12(11)18-14)13-8-22-15(19-13)7-17-16(21)9-1-2-9/h3-5,8-9H,1-2,6-7H2,(H,17,21)(H,18,20). The molecule has 1 fully saturated rings. The van der Waals surface area contributed by atoms with Crippen LogP contribution in [0.25, 0.3) is 11.3 Å². The summed E-state index contributed by atoms with van der Waals surface area (Å²) in [5.41, 5.74) is 3.80. The smallest absolute Gasteiger partial charge is 0.228 e. The zero-order valence-electron chi connectivity index (χ0n) is 11.9. The van der Waals surface area contributed by atoms with Crippen LogP contribution in [0, 0.1) is 5.92 Å². The van der Waals surface area contributed by atoms with E-state index in [9.17, 15) is 9.59 Å². The predicted molar refractivity (Wildman–Crippen MR) is 84.5 cm³/mol. The van der Waals surface area contributed by atoms with Crippen molar-refractivity contribution in [2.45, 2.75) is 25.8 Å². The molecule has 4 rings (SSSR count). The van der Waals surface area contributed by atoms with E-state index in [-0.39, 0.29) is 17.7 Å². The number of nitrogens with one attached hydrogen (secondary N) is 2. The molecular weight excluding hydrogens is 298 g/mol. The predicted octanol–water partition coefficient (Wildman–Crippen LogP) is 2.33. The van der Waals surface area contributed by atoms with Crippen molar-refractivity contribution in [2.75, 3.05) is 5.32 Å². The Morgan fingerprint density at radius 2 is 2.27 bits per heavy atom. The first kappa shape index (κ1) is 13.5. The van der Waals surface area contributed by atoms with Crippen LogP contribution in [0.15, 0.2) is 23.6 Å². The second-order valence-electron chi connectivity index (χ2n) is 5.72. The van der Waals surface area contributed by atoms with E-state index in [1.807, 2.05) is 23.6 Å². The maximum atomic E-state index is 11.6. The van der Waals surface area contributed by atoms with Crippen LogP contribution in [0.1, 0.15) is 23.4 Å². The van der Waals surface area contributed by atoms with Gasteiger partial charge in [0.1, 0.15) is 5.01 Å². The molecule has 1 aliphatic carbocycles. The Balaban J connectivity index is 1.48. The summed E-state index contributed by atoms with van der Waals surface area (Å²) < 4.78 is 0. The summed E-state index contributed by atoms with van der Waals surface area (Å²) >= 11 is 1.54.